The molecule has 8 heteroatoms. The third-order valence-electron chi connectivity index (χ3n) is 4.47. The van der Waals surface area contributed by atoms with Gasteiger partial charge in [0.15, 0.2) is 5.65 Å². The van der Waals surface area contributed by atoms with E-state index in [-0.39, 0.29) is 0 Å². The number of anilines is 1. The van der Waals surface area contributed by atoms with Gasteiger partial charge in [0.2, 0.25) is 0 Å². The van der Waals surface area contributed by atoms with Crippen LogP contribution in [0.4, 0.5) is 5.95 Å². The first kappa shape index (κ1) is 18.7. The summed E-state index contributed by atoms with van der Waals surface area (Å²) in [6.45, 7) is 3.04. The molecule has 6 nitrogen and oxygen atoms in total. The first-order valence-electron chi connectivity index (χ1n) is 9.03. The summed E-state index contributed by atoms with van der Waals surface area (Å²) in [6, 6.07) is 13.4. The van der Waals surface area contributed by atoms with Gasteiger partial charge in [-0.1, -0.05) is 60.8 Å². The second kappa shape index (κ2) is 8.12. The number of aryl methyl sites for hydroxylation is 1. The molecule has 4 aromatic rings. The Morgan fingerprint density at radius 1 is 1.07 bits per heavy atom. The van der Waals surface area contributed by atoms with E-state index in [1.165, 1.54) is 0 Å². The summed E-state index contributed by atoms with van der Waals surface area (Å²) >= 11 is 12.3. The van der Waals surface area contributed by atoms with E-state index in [0.717, 1.165) is 41.5 Å². The Bertz CT molecular complexity index is 1150. The summed E-state index contributed by atoms with van der Waals surface area (Å²) in [6.07, 6.45) is 3.70. The maximum absolute atomic E-state index is 6.15. The molecule has 0 unspecified atom stereocenters. The van der Waals surface area contributed by atoms with E-state index in [1.54, 1.807) is 24.4 Å². The van der Waals surface area contributed by atoms with Gasteiger partial charge in [0.25, 0.3) is 5.95 Å². The van der Waals surface area contributed by atoms with E-state index in [4.69, 9.17) is 23.2 Å². The Balaban J connectivity index is 1.69. The largest absolute Gasteiger partial charge is 0.324 e. The van der Waals surface area contributed by atoms with Crippen molar-refractivity contribution in [1.82, 2.24) is 19.7 Å². The van der Waals surface area contributed by atoms with Gasteiger partial charge in [-0.15, -0.1) is 10.2 Å². The molecule has 0 atom stereocenters. The Morgan fingerprint density at radius 2 is 1.86 bits per heavy atom. The number of rotatable bonds is 6. The molecule has 4 rings (SSSR count). The van der Waals surface area contributed by atoms with Crippen LogP contribution in [0.25, 0.3) is 22.1 Å². The van der Waals surface area contributed by atoms with Crippen LogP contribution >= 0.6 is 23.2 Å². The highest BCUT2D eigenvalue weighted by atomic mass is 35.5. The summed E-state index contributed by atoms with van der Waals surface area (Å²) in [5.41, 5.74) is 6.14. The summed E-state index contributed by atoms with van der Waals surface area (Å²) < 4.78 is 2.18. The number of hydrazone groups is 1. The topological polar surface area (TPSA) is 68.0 Å². The Kier molecular flexibility index (Phi) is 5.41. The third-order valence-corrected chi connectivity index (χ3v) is 5.13. The second-order valence-electron chi connectivity index (χ2n) is 6.34. The van der Waals surface area contributed by atoms with Crippen molar-refractivity contribution in [2.45, 2.75) is 26.3 Å². The zero-order chi connectivity index (χ0) is 19.5. The van der Waals surface area contributed by atoms with E-state index in [1.807, 2.05) is 18.2 Å². The van der Waals surface area contributed by atoms with Crippen LogP contribution < -0.4 is 5.43 Å². The average Bonchev–Trinajstić information content (AvgIpc) is 3.02. The number of aromatic nitrogens is 4. The Labute approximate surface area is 172 Å². The van der Waals surface area contributed by atoms with E-state index >= 15 is 0 Å². The standard InChI is InChI=1S/C20H18Cl2N6/c1-2-3-11-28-17-10-5-4-7-13(17)18-19(28)24-20(27-25-18)26-23-12-14-15(21)8-6-9-16(14)22/h4-10,12H,2-3,11H2,1H3,(H,24,26,27)/b23-12+. The van der Waals surface area contributed by atoms with Gasteiger partial charge in [0.1, 0.15) is 5.52 Å². The molecule has 0 radical (unpaired) electrons. The quantitative estimate of drug-likeness (QED) is 0.333. The molecule has 0 saturated heterocycles. The fourth-order valence-corrected chi connectivity index (χ4v) is 3.58. The normalized spacial score (nSPS) is 11.7. The summed E-state index contributed by atoms with van der Waals surface area (Å²) in [4.78, 5) is 4.64. The van der Waals surface area contributed by atoms with Gasteiger partial charge < -0.3 is 4.57 Å². The molecule has 1 N–H and O–H groups in total. The molecular formula is C20H18Cl2N6. The molecule has 0 bridgehead atoms. The Hall–Kier alpha value is -2.70. The molecule has 0 saturated carbocycles. The van der Waals surface area contributed by atoms with Crippen molar-refractivity contribution in [2.75, 3.05) is 5.43 Å². The minimum absolute atomic E-state index is 0.312. The van der Waals surface area contributed by atoms with Gasteiger partial charge in [0.05, 0.1) is 21.8 Å². The molecule has 0 aliphatic rings. The van der Waals surface area contributed by atoms with Gasteiger partial charge in [-0.2, -0.15) is 10.1 Å². The lowest BCUT2D eigenvalue weighted by molar-refractivity contribution is 0.660. The molecule has 28 heavy (non-hydrogen) atoms. The predicted molar refractivity (Wildman–Crippen MR) is 115 cm³/mol. The van der Waals surface area contributed by atoms with E-state index in [0.29, 0.717) is 21.6 Å². The molecule has 0 fully saturated rings. The van der Waals surface area contributed by atoms with Crippen molar-refractivity contribution < 1.29 is 0 Å². The molecule has 2 heterocycles. The number of hydrogen-bond acceptors (Lipinski definition) is 5. The van der Waals surface area contributed by atoms with Gasteiger partial charge in [-0.05, 0) is 24.6 Å². The van der Waals surface area contributed by atoms with Crippen LogP contribution in [0.2, 0.25) is 10.0 Å². The maximum Gasteiger partial charge on any atom is 0.265 e. The number of nitrogens with one attached hydrogen (secondary N) is 1. The first-order chi connectivity index (χ1) is 13.7. The highest BCUT2D eigenvalue weighted by Gasteiger charge is 2.14. The van der Waals surface area contributed by atoms with Gasteiger partial charge in [-0.3, -0.25) is 0 Å². The third kappa shape index (κ3) is 3.53. The van der Waals surface area contributed by atoms with Crippen LogP contribution in [0.1, 0.15) is 25.3 Å². The molecule has 0 spiro atoms. The molecule has 0 amide bonds. The lowest BCUT2D eigenvalue weighted by Crippen LogP contribution is -2.03. The van der Waals surface area contributed by atoms with Crippen molar-refractivity contribution >= 4 is 57.4 Å². The SMILES string of the molecule is CCCCn1c2ccccc2c2nnc(N/N=C/c3c(Cl)cccc3Cl)nc21. The zero-order valence-electron chi connectivity index (χ0n) is 15.2. The van der Waals surface area contributed by atoms with E-state index in [9.17, 15) is 0 Å². The lowest BCUT2D eigenvalue weighted by Gasteiger charge is -2.05. The maximum atomic E-state index is 6.15. The van der Waals surface area contributed by atoms with Gasteiger partial charge in [-0.25, -0.2) is 5.43 Å². The molecule has 0 aliphatic heterocycles. The van der Waals surface area contributed by atoms with Crippen LogP contribution in [-0.2, 0) is 6.54 Å². The highest BCUT2D eigenvalue weighted by Crippen LogP contribution is 2.27. The average molecular weight is 413 g/mol. The minimum atomic E-state index is 0.312. The number of fused-ring (bicyclic) bond motifs is 3. The van der Waals surface area contributed by atoms with Crippen molar-refractivity contribution in [1.29, 1.82) is 0 Å². The predicted octanol–water partition coefficient (Wildman–Crippen LogP) is 5.53. The van der Waals surface area contributed by atoms with Crippen LogP contribution in [0.15, 0.2) is 47.6 Å². The zero-order valence-corrected chi connectivity index (χ0v) is 16.7. The van der Waals surface area contributed by atoms with Crippen molar-refractivity contribution in [3.8, 4) is 0 Å². The molecule has 0 aliphatic carbocycles. The number of para-hydroxylation sites is 1. The highest BCUT2D eigenvalue weighted by molar-refractivity contribution is 6.38. The number of halogens is 2. The van der Waals surface area contributed by atoms with Crippen molar-refractivity contribution in [3.05, 3.63) is 58.1 Å². The monoisotopic (exact) mass is 412 g/mol. The summed E-state index contributed by atoms with van der Waals surface area (Å²) in [7, 11) is 0. The van der Waals surface area contributed by atoms with Crippen molar-refractivity contribution in [2.24, 2.45) is 5.10 Å². The second-order valence-corrected chi connectivity index (χ2v) is 7.15. The van der Waals surface area contributed by atoms with Crippen LogP contribution in [0, 0.1) is 0 Å². The van der Waals surface area contributed by atoms with Gasteiger partial charge >= 0.3 is 0 Å². The fourth-order valence-electron chi connectivity index (χ4n) is 3.08. The molecule has 142 valence electrons. The number of benzene rings is 2. The van der Waals surface area contributed by atoms with Crippen molar-refractivity contribution in [3.63, 3.8) is 0 Å². The molecule has 2 aromatic carbocycles. The summed E-state index contributed by atoms with van der Waals surface area (Å²) in [5.74, 6) is 0.312. The molecule has 2 aromatic heterocycles. The summed E-state index contributed by atoms with van der Waals surface area (Å²) in [5, 5.41) is 14.8. The van der Waals surface area contributed by atoms with Crippen LogP contribution in [-0.4, -0.2) is 26.0 Å². The van der Waals surface area contributed by atoms with E-state index < -0.39 is 0 Å². The number of hydrogen-bond donors (Lipinski definition) is 1. The number of nitrogens with zero attached hydrogens (tertiary/aromatic N) is 5. The van der Waals surface area contributed by atoms with E-state index in [2.05, 4.69) is 43.3 Å². The van der Waals surface area contributed by atoms with Crippen LogP contribution in [0.5, 0.6) is 0 Å². The smallest absolute Gasteiger partial charge is 0.265 e. The Morgan fingerprint density at radius 3 is 2.64 bits per heavy atom. The fraction of sp³-hybridized carbons (Fsp3) is 0.200. The minimum Gasteiger partial charge on any atom is -0.324 e. The first-order valence-corrected chi connectivity index (χ1v) is 9.79. The van der Waals surface area contributed by atoms with Gasteiger partial charge in [0, 0.05) is 17.5 Å². The number of unbranched alkanes of at least 4 members (excludes halogenated alkanes) is 1. The molecular weight excluding hydrogens is 395 g/mol. The van der Waals surface area contributed by atoms with Crippen LogP contribution in [0.3, 0.4) is 0 Å². The lowest BCUT2D eigenvalue weighted by atomic mass is 10.2.